The lowest BCUT2D eigenvalue weighted by Gasteiger charge is -2.51. The highest BCUT2D eigenvalue weighted by Gasteiger charge is 2.50. The quantitative estimate of drug-likeness (QED) is 0.617. The lowest BCUT2D eigenvalue weighted by Crippen LogP contribution is -2.42. The van der Waals surface area contributed by atoms with Crippen LogP contribution in [0.3, 0.4) is 0 Å². The monoisotopic (exact) mass is 354 g/mol. The van der Waals surface area contributed by atoms with Gasteiger partial charge in [-0.25, -0.2) is 0 Å². The van der Waals surface area contributed by atoms with Gasteiger partial charge in [-0.1, -0.05) is 79.2 Å². The molecule has 0 aliphatic heterocycles. The number of carbonyl (C=O) groups is 1. The lowest BCUT2D eigenvalue weighted by atomic mass is 9.51. The molecule has 0 saturated carbocycles. The average molecular weight is 354 g/mol. The van der Waals surface area contributed by atoms with Gasteiger partial charge in [-0.05, 0) is 46.2 Å². The molecule has 6 rings (SSSR count). The van der Waals surface area contributed by atoms with E-state index >= 15 is 0 Å². The van der Waals surface area contributed by atoms with Crippen LogP contribution in [0.25, 0.3) is 0 Å². The van der Waals surface area contributed by atoms with Crippen molar-refractivity contribution in [2.45, 2.75) is 37.0 Å². The molecule has 27 heavy (non-hydrogen) atoms. The zero-order chi connectivity index (χ0) is 18.4. The number of benzene rings is 3. The third kappa shape index (κ3) is 2.22. The standard InChI is InChI=1S/C25H22O2/c26-23(27)15-7-8-16-25-20-12-4-1-9-17(20)24(18-10-2-5-13-21(18)25)19-11-3-6-14-22(19)25/h1-6,9-14,24H,7-8,15-16H2,(H,26,27). The van der Waals surface area contributed by atoms with Gasteiger partial charge >= 0.3 is 5.97 Å². The fourth-order valence-corrected chi connectivity index (χ4v) is 5.42. The summed E-state index contributed by atoms with van der Waals surface area (Å²) in [5, 5.41) is 9.05. The summed E-state index contributed by atoms with van der Waals surface area (Å²) in [5.41, 5.74) is 8.28. The molecule has 3 aliphatic carbocycles. The zero-order valence-electron chi connectivity index (χ0n) is 15.2. The van der Waals surface area contributed by atoms with Crippen molar-refractivity contribution < 1.29 is 9.90 Å². The maximum atomic E-state index is 11.0. The van der Waals surface area contributed by atoms with Crippen molar-refractivity contribution >= 4 is 5.97 Å². The van der Waals surface area contributed by atoms with Gasteiger partial charge in [0, 0.05) is 17.8 Å². The molecule has 0 spiro atoms. The highest BCUT2D eigenvalue weighted by atomic mass is 16.4. The van der Waals surface area contributed by atoms with Gasteiger partial charge in [-0.3, -0.25) is 4.79 Å². The molecule has 2 bridgehead atoms. The third-order valence-corrected chi connectivity index (χ3v) is 6.39. The predicted molar refractivity (Wildman–Crippen MR) is 106 cm³/mol. The van der Waals surface area contributed by atoms with E-state index in [2.05, 4.69) is 72.8 Å². The molecule has 3 aromatic rings. The van der Waals surface area contributed by atoms with Crippen LogP contribution in [0.5, 0.6) is 0 Å². The first-order chi connectivity index (χ1) is 13.2. The Labute approximate surface area is 159 Å². The van der Waals surface area contributed by atoms with Crippen LogP contribution in [0.2, 0.25) is 0 Å². The van der Waals surface area contributed by atoms with Crippen LogP contribution in [-0.4, -0.2) is 11.1 Å². The van der Waals surface area contributed by atoms with Gasteiger partial charge < -0.3 is 5.11 Å². The second-order valence-corrected chi connectivity index (χ2v) is 7.70. The summed E-state index contributed by atoms with van der Waals surface area (Å²) in [6.45, 7) is 0. The molecular weight excluding hydrogens is 332 g/mol. The Kier molecular flexibility index (Phi) is 3.68. The van der Waals surface area contributed by atoms with Crippen LogP contribution < -0.4 is 0 Å². The number of carboxylic acid groups (broad SMARTS) is 1. The van der Waals surface area contributed by atoms with E-state index in [9.17, 15) is 4.79 Å². The van der Waals surface area contributed by atoms with Gasteiger partial charge in [-0.15, -0.1) is 0 Å². The number of unbranched alkanes of at least 4 members (excludes halogenated alkanes) is 1. The van der Waals surface area contributed by atoms with Gasteiger partial charge in [0.2, 0.25) is 0 Å². The number of hydrogen-bond donors (Lipinski definition) is 1. The maximum Gasteiger partial charge on any atom is 0.303 e. The van der Waals surface area contributed by atoms with Gasteiger partial charge in [-0.2, -0.15) is 0 Å². The SMILES string of the molecule is O=C(O)CCCCC12c3ccccc3C(c3ccccc31)c1ccccc12. The summed E-state index contributed by atoms with van der Waals surface area (Å²) < 4.78 is 0. The molecule has 0 saturated heterocycles. The van der Waals surface area contributed by atoms with Gasteiger partial charge in [0.1, 0.15) is 0 Å². The minimum Gasteiger partial charge on any atom is -0.481 e. The van der Waals surface area contributed by atoms with E-state index in [1.165, 1.54) is 33.4 Å². The summed E-state index contributed by atoms with van der Waals surface area (Å²) in [7, 11) is 0. The molecule has 2 heteroatoms. The molecule has 3 aliphatic rings. The Bertz CT molecular complexity index is 918. The van der Waals surface area contributed by atoms with Crippen LogP contribution in [0.4, 0.5) is 0 Å². The highest BCUT2D eigenvalue weighted by molar-refractivity contribution is 5.71. The molecule has 134 valence electrons. The van der Waals surface area contributed by atoms with Crippen LogP contribution >= 0.6 is 0 Å². The summed E-state index contributed by atoms with van der Waals surface area (Å²) in [5.74, 6) is -0.407. The van der Waals surface area contributed by atoms with Gasteiger partial charge in [0.25, 0.3) is 0 Å². The first-order valence-electron chi connectivity index (χ1n) is 9.73. The Balaban J connectivity index is 1.73. The van der Waals surface area contributed by atoms with Crippen molar-refractivity contribution in [1.29, 1.82) is 0 Å². The lowest BCUT2D eigenvalue weighted by molar-refractivity contribution is -0.137. The molecule has 2 nitrogen and oxygen atoms in total. The average Bonchev–Trinajstić information content (AvgIpc) is 2.71. The van der Waals surface area contributed by atoms with E-state index in [4.69, 9.17) is 5.11 Å². The van der Waals surface area contributed by atoms with Crippen LogP contribution in [-0.2, 0) is 10.2 Å². The van der Waals surface area contributed by atoms with E-state index in [1.807, 2.05) is 0 Å². The minimum absolute atomic E-state index is 0.170. The summed E-state index contributed by atoms with van der Waals surface area (Å²) in [4.78, 5) is 11.0. The molecule has 0 amide bonds. The number of carboxylic acids is 1. The summed E-state index contributed by atoms with van der Waals surface area (Å²) in [6, 6.07) is 26.5. The van der Waals surface area contributed by atoms with E-state index in [0.29, 0.717) is 12.3 Å². The van der Waals surface area contributed by atoms with Crippen molar-refractivity contribution in [2.24, 2.45) is 0 Å². The molecule has 1 N–H and O–H groups in total. The molecular formula is C25H22O2. The second kappa shape index (κ2) is 6.09. The fraction of sp³-hybridized carbons (Fsp3) is 0.240. The highest BCUT2D eigenvalue weighted by Crippen LogP contribution is 2.60. The molecule has 0 unspecified atom stereocenters. The van der Waals surface area contributed by atoms with Crippen molar-refractivity contribution in [2.75, 3.05) is 0 Å². The Morgan fingerprint density at radius 1 is 0.741 bits per heavy atom. The predicted octanol–water partition coefficient (Wildman–Crippen LogP) is 5.47. The van der Waals surface area contributed by atoms with E-state index in [0.717, 1.165) is 12.8 Å². The van der Waals surface area contributed by atoms with E-state index < -0.39 is 5.97 Å². The zero-order valence-corrected chi connectivity index (χ0v) is 15.2. The van der Waals surface area contributed by atoms with E-state index in [1.54, 1.807) is 0 Å². The van der Waals surface area contributed by atoms with Crippen LogP contribution in [0.15, 0.2) is 72.8 Å². The van der Waals surface area contributed by atoms with Crippen molar-refractivity contribution in [1.82, 2.24) is 0 Å². The van der Waals surface area contributed by atoms with Crippen molar-refractivity contribution in [3.05, 3.63) is 106 Å². The Hall–Kier alpha value is -2.87. The molecule has 0 fully saturated rings. The fourth-order valence-electron chi connectivity index (χ4n) is 5.42. The summed E-state index contributed by atoms with van der Waals surface area (Å²) in [6.07, 6.45) is 2.79. The third-order valence-electron chi connectivity index (χ3n) is 6.39. The number of hydrogen-bond acceptors (Lipinski definition) is 1. The number of rotatable bonds is 5. The molecule has 0 aromatic heterocycles. The first kappa shape index (κ1) is 16.3. The normalized spacial score (nSPS) is 21.3. The topological polar surface area (TPSA) is 37.3 Å². The van der Waals surface area contributed by atoms with E-state index in [-0.39, 0.29) is 11.8 Å². The van der Waals surface area contributed by atoms with Crippen LogP contribution in [0, 0.1) is 0 Å². The van der Waals surface area contributed by atoms with Gasteiger partial charge in [0.05, 0.1) is 0 Å². The molecule has 0 atom stereocenters. The van der Waals surface area contributed by atoms with Crippen molar-refractivity contribution in [3.63, 3.8) is 0 Å². The first-order valence-corrected chi connectivity index (χ1v) is 9.73. The number of aliphatic carboxylic acids is 1. The Morgan fingerprint density at radius 2 is 1.19 bits per heavy atom. The summed E-state index contributed by atoms with van der Waals surface area (Å²) >= 11 is 0. The molecule has 3 aromatic carbocycles. The molecule has 0 radical (unpaired) electrons. The van der Waals surface area contributed by atoms with Gasteiger partial charge in [0.15, 0.2) is 0 Å². The second-order valence-electron chi connectivity index (χ2n) is 7.70. The Morgan fingerprint density at radius 3 is 1.63 bits per heavy atom. The van der Waals surface area contributed by atoms with Crippen molar-refractivity contribution in [3.8, 4) is 0 Å². The largest absolute Gasteiger partial charge is 0.481 e. The smallest absolute Gasteiger partial charge is 0.303 e. The molecule has 0 heterocycles. The maximum absolute atomic E-state index is 11.0. The minimum atomic E-state index is -0.707. The van der Waals surface area contributed by atoms with Crippen LogP contribution in [0.1, 0.15) is 65.0 Å².